The monoisotopic (exact) mass is 413 g/mol. The molecule has 1 heterocycles. The van der Waals surface area contributed by atoms with Crippen molar-refractivity contribution in [3.05, 3.63) is 46.2 Å². The Labute approximate surface area is 159 Å². The number of nitrogens with zero attached hydrogens (tertiary/aromatic N) is 2. The fourth-order valence-electron chi connectivity index (χ4n) is 2.62. The summed E-state index contributed by atoms with van der Waals surface area (Å²) in [6, 6.07) is 11.3. The number of nitrogens with one attached hydrogen (secondary N) is 1. The highest BCUT2D eigenvalue weighted by molar-refractivity contribution is 9.10. The van der Waals surface area contributed by atoms with E-state index < -0.39 is 0 Å². The van der Waals surface area contributed by atoms with Crippen molar-refractivity contribution in [2.75, 3.05) is 21.3 Å². The van der Waals surface area contributed by atoms with E-state index >= 15 is 0 Å². The molecular weight excluding hydrogens is 398 g/mol. The zero-order chi connectivity index (χ0) is 18.7. The lowest BCUT2D eigenvalue weighted by Gasteiger charge is -2.11. The number of aromatic nitrogens is 2. The summed E-state index contributed by atoms with van der Waals surface area (Å²) < 4.78 is 16.8. The quantitative estimate of drug-likeness (QED) is 0.626. The van der Waals surface area contributed by atoms with Gasteiger partial charge < -0.3 is 19.2 Å². The van der Waals surface area contributed by atoms with E-state index in [0.717, 1.165) is 15.5 Å². The Hall–Kier alpha value is -2.98. The van der Waals surface area contributed by atoms with Gasteiger partial charge in [-0.3, -0.25) is 0 Å². The number of rotatable bonds is 5. The standard InChI is InChI=1S/C19H16BrN3O3/c1-24-14-4-5-15-16(9-14)23-19(22-15)12(10-21)6-11-7-13(20)8-17(25-2)18(11)26-3/h4-9H,1-3H3,(H,22,23)/b12-6+. The van der Waals surface area contributed by atoms with Gasteiger partial charge in [0, 0.05) is 16.1 Å². The van der Waals surface area contributed by atoms with E-state index in [4.69, 9.17) is 14.2 Å². The van der Waals surface area contributed by atoms with Gasteiger partial charge in [0.1, 0.15) is 17.6 Å². The minimum absolute atomic E-state index is 0.374. The lowest BCUT2D eigenvalue weighted by molar-refractivity contribution is 0.354. The Morgan fingerprint density at radius 3 is 2.62 bits per heavy atom. The number of methoxy groups -OCH3 is 3. The van der Waals surface area contributed by atoms with E-state index in [1.165, 1.54) is 0 Å². The van der Waals surface area contributed by atoms with E-state index in [9.17, 15) is 5.26 Å². The maximum absolute atomic E-state index is 9.64. The van der Waals surface area contributed by atoms with Crippen molar-refractivity contribution < 1.29 is 14.2 Å². The summed E-state index contributed by atoms with van der Waals surface area (Å²) in [5.74, 6) is 2.30. The van der Waals surface area contributed by atoms with Gasteiger partial charge in [0.15, 0.2) is 11.5 Å². The number of halogens is 1. The van der Waals surface area contributed by atoms with Gasteiger partial charge in [-0.15, -0.1) is 0 Å². The highest BCUT2D eigenvalue weighted by Crippen LogP contribution is 2.36. The fraction of sp³-hybridized carbons (Fsp3) is 0.158. The second kappa shape index (κ2) is 7.50. The number of fused-ring (bicyclic) bond motifs is 1. The molecule has 7 heteroatoms. The third-order valence-electron chi connectivity index (χ3n) is 3.84. The van der Waals surface area contributed by atoms with Crippen LogP contribution in [0.15, 0.2) is 34.8 Å². The molecule has 0 unspecified atom stereocenters. The molecule has 0 radical (unpaired) electrons. The zero-order valence-corrected chi connectivity index (χ0v) is 16.0. The van der Waals surface area contributed by atoms with Crippen molar-refractivity contribution in [2.45, 2.75) is 0 Å². The molecular formula is C19H16BrN3O3. The van der Waals surface area contributed by atoms with Crippen LogP contribution in [0.4, 0.5) is 0 Å². The maximum atomic E-state index is 9.64. The van der Waals surface area contributed by atoms with Crippen LogP contribution in [0.5, 0.6) is 17.2 Å². The molecule has 1 aromatic heterocycles. The number of ether oxygens (including phenoxy) is 3. The van der Waals surface area contributed by atoms with E-state index in [-0.39, 0.29) is 0 Å². The lowest BCUT2D eigenvalue weighted by atomic mass is 10.1. The number of benzene rings is 2. The zero-order valence-electron chi connectivity index (χ0n) is 14.5. The summed E-state index contributed by atoms with van der Waals surface area (Å²) in [7, 11) is 4.73. The molecule has 2 aromatic carbocycles. The maximum Gasteiger partial charge on any atom is 0.168 e. The van der Waals surface area contributed by atoms with E-state index in [0.29, 0.717) is 34.2 Å². The minimum Gasteiger partial charge on any atom is -0.497 e. The van der Waals surface area contributed by atoms with Crippen LogP contribution >= 0.6 is 15.9 Å². The van der Waals surface area contributed by atoms with Crippen molar-refractivity contribution in [3.63, 3.8) is 0 Å². The molecule has 132 valence electrons. The van der Waals surface area contributed by atoms with Crippen molar-refractivity contribution in [1.82, 2.24) is 9.97 Å². The van der Waals surface area contributed by atoms with Gasteiger partial charge in [0.2, 0.25) is 0 Å². The molecule has 26 heavy (non-hydrogen) atoms. The molecule has 1 N–H and O–H groups in total. The Bertz CT molecular complexity index is 1030. The summed E-state index contributed by atoms with van der Waals surface area (Å²) in [4.78, 5) is 7.65. The van der Waals surface area contributed by atoms with Gasteiger partial charge in [0.25, 0.3) is 0 Å². The fourth-order valence-corrected chi connectivity index (χ4v) is 3.07. The Morgan fingerprint density at radius 2 is 1.96 bits per heavy atom. The van der Waals surface area contributed by atoms with Gasteiger partial charge in [-0.2, -0.15) is 5.26 Å². The highest BCUT2D eigenvalue weighted by atomic mass is 79.9. The van der Waals surface area contributed by atoms with Crippen LogP contribution in [0.25, 0.3) is 22.7 Å². The van der Waals surface area contributed by atoms with Crippen molar-refractivity contribution in [2.24, 2.45) is 0 Å². The molecule has 6 nitrogen and oxygen atoms in total. The Kier molecular flexibility index (Phi) is 5.14. The summed E-state index contributed by atoms with van der Waals surface area (Å²) in [5, 5.41) is 9.64. The summed E-state index contributed by atoms with van der Waals surface area (Å²) >= 11 is 3.44. The molecule has 0 fully saturated rings. The molecule has 0 spiro atoms. The second-order valence-electron chi connectivity index (χ2n) is 5.37. The van der Waals surface area contributed by atoms with E-state index in [1.807, 2.05) is 24.3 Å². The molecule has 0 aliphatic rings. The number of allylic oxidation sites excluding steroid dienone is 1. The normalized spacial score (nSPS) is 11.3. The average Bonchev–Trinajstić information content (AvgIpc) is 3.08. The molecule has 0 saturated heterocycles. The van der Waals surface area contributed by atoms with Crippen molar-refractivity contribution >= 4 is 38.6 Å². The molecule has 0 atom stereocenters. The first-order valence-corrected chi connectivity index (χ1v) is 8.46. The van der Waals surface area contributed by atoms with Crippen molar-refractivity contribution in [1.29, 1.82) is 5.26 Å². The van der Waals surface area contributed by atoms with Gasteiger partial charge >= 0.3 is 0 Å². The molecule has 0 bridgehead atoms. The molecule has 3 aromatic rings. The predicted octanol–water partition coefficient (Wildman–Crippen LogP) is 4.42. The molecule has 0 aliphatic heterocycles. The Balaban J connectivity index is 2.12. The van der Waals surface area contributed by atoms with Crippen LogP contribution in [-0.4, -0.2) is 31.3 Å². The lowest BCUT2D eigenvalue weighted by Crippen LogP contribution is -1.94. The highest BCUT2D eigenvalue weighted by Gasteiger charge is 2.14. The van der Waals surface area contributed by atoms with E-state index in [1.54, 1.807) is 33.5 Å². The first-order valence-electron chi connectivity index (χ1n) is 7.67. The molecule has 0 aliphatic carbocycles. The number of aromatic amines is 1. The Morgan fingerprint density at radius 1 is 1.15 bits per heavy atom. The molecule has 0 amide bonds. The summed E-state index contributed by atoms with van der Waals surface area (Å²) in [5.41, 5.74) is 2.62. The molecule has 0 saturated carbocycles. The number of imidazole rings is 1. The molecule has 3 rings (SSSR count). The predicted molar refractivity (Wildman–Crippen MR) is 103 cm³/mol. The minimum atomic E-state index is 0.374. The van der Waals surface area contributed by atoms with Crippen LogP contribution in [0, 0.1) is 11.3 Å². The average molecular weight is 414 g/mol. The van der Waals surface area contributed by atoms with Gasteiger partial charge in [0.05, 0.1) is 37.9 Å². The topological polar surface area (TPSA) is 80.2 Å². The first-order chi connectivity index (χ1) is 12.6. The van der Waals surface area contributed by atoms with Crippen LogP contribution in [0.2, 0.25) is 0 Å². The third kappa shape index (κ3) is 3.37. The third-order valence-corrected chi connectivity index (χ3v) is 4.29. The summed E-state index contributed by atoms with van der Waals surface area (Å²) in [6.07, 6.45) is 1.71. The van der Waals surface area contributed by atoms with Crippen molar-refractivity contribution in [3.8, 4) is 23.3 Å². The second-order valence-corrected chi connectivity index (χ2v) is 6.28. The SMILES string of the molecule is COc1ccc2nc(/C(C#N)=C/c3cc(Br)cc(OC)c3OC)[nH]c2c1. The number of hydrogen-bond acceptors (Lipinski definition) is 5. The van der Waals surface area contributed by atoms with Crippen LogP contribution in [0.3, 0.4) is 0 Å². The van der Waals surface area contributed by atoms with Gasteiger partial charge in [-0.1, -0.05) is 15.9 Å². The van der Waals surface area contributed by atoms with E-state index in [2.05, 4.69) is 32.0 Å². The number of nitriles is 1. The summed E-state index contributed by atoms with van der Waals surface area (Å²) in [6.45, 7) is 0. The number of hydrogen-bond donors (Lipinski definition) is 1. The van der Waals surface area contributed by atoms with Crippen LogP contribution in [0.1, 0.15) is 11.4 Å². The largest absolute Gasteiger partial charge is 0.497 e. The smallest absolute Gasteiger partial charge is 0.168 e. The number of H-pyrrole nitrogens is 1. The van der Waals surface area contributed by atoms with Gasteiger partial charge in [-0.25, -0.2) is 4.98 Å². The first kappa shape index (κ1) is 17.8. The van der Waals surface area contributed by atoms with Crippen LogP contribution < -0.4 is 14.2 Å². The van der Waals surface area contributed by atoms with Crippen LogP contribution in [-0.2, 0) is 0 Å². The van der Waals surface area contributed by atoms with Gasteiger partial charge in [-0.05, 0) is 30.3 Å².